The maximum absolute atomic E-state index is 13.6. The third-order valence-electron chi connectivity index (χ3n) is 5.24. The number of aromatic nitrogens is 2. The first kappa shape index (κ1) is 28.7. The van der Waals surface area contributed by atoms with Crippen LogP contribution in [-0.2, 0) is 23.4 Å². The normalized spacial score (nSPS) is 21.5. The van der Waals surface area contributed by atoms with Crippen molar-refractivity contribution in [2.45, 2.75) is 44.7 Å². The Labute approximate surface area is 220 Å². The molecule has 2 heterocycles. The van der Waals surface area contributed by atoms with Crippen LogP contribution >= 0.6 is 30.9 Å². The van der Waals surface area contributed by atoms with E-state index in [1.165, 1.54) is 38.2 Å². The molecule has 0 amide bonds. The maximum Gasteiger partial charge on any atom is 0.459 e. The van der Waals surface area contributed by atoms with Crippen molar-refractivity contribution in [3.05, 3.63) is 71.3 Å². The first-order valence-corrected chi connectivity index (χ1v) is 13.0. The molecule has 1 aliphatic rings. The van der Waals surface area contributed by atoms with E-state index in [1.807, 2.05) is 0 Å². The molecule has 1 fully saturated rings. The van der Waals surface area contributed by atoms with Crippen LogP contribution in [0.15, 0.2) is 39.1 Å². The van der Waals surface area contributed by atoms with Gasteiger partial charge in [0.1, 0.15) is 18.0 Å². The van der Waals surface area contributed by atoms with Gasteiger partial charge in [0.25, 0.3) is 5.56 Å². The van der Waals surface area contributed by atoms with E-state index in [4.69, 9.17) is 42.5 Å². The minimum Gasteiger partial charge on any atom is -0.468 e. The number of hydrogen-bond donors (Lipinski definition) is 2. The van der Waals surface area contributed by atoms with Crippen LogP contribution in [0.5, 0.6) is 5.75 Å². The quantitative estimate of drug-likeness (QED) is 0.140. The highest BCUT2D eigenvalue weighted by atomic mass is 35.5. The Morgan fingerprint density at radius 3 is 2.68 bits per heavy atom. The minimum absolute atomic E-state index is 0.0162. The molecule has 1 saturated heterocycles. The average molecular weight is 577 g/mol. The molecule has 0 spiro atoms. The summed E-state index contributed by atoms with van der Waals surface area (Å²) in [6.45, 7) is 2.45. The van der Waals surface area contributed by atoms with Crippen LogP contribution in [0, 0.1) is 6.92 Å². The van der Waals surface area contributed by atoms with Crippen molar-refractivity contribution in [1.82, 2.24) is 14.6 Å². The molecule has 3 rings (SSSR count). The number of halogens is 2. The predicted molar refractivity (Wildman–Crippen MR) is 133 cm³/mol. The minimum atomic E-state index is -4.32. The molecular formula is C20H23Cl2N6O8P. The number of rotatable bonds is 10. The number of H-pyrrole nitrogens is 1. The number of hydrogen-bond acceptors (Lipinski definition) is 9. The molecule has 17 heteroatoms. The topological polar surface area (TPSA) is 187 Å². The summed E-state index contributed by atoms with van der Waals surface area (Å²) in [5.74, 6) is -0.758. The van der Waals surface area contributed by atoms with Gasteiger partial charge in [-0.25, -0.2) is 9.36 Å². The second-order valence-electron chi connectivity index (χ2n) is 7.98. The lowest BCUT2D eigenvalue weighted by Crippen LogP contribution is -2.36. The number of aromatic amines is 1. The van der Waals surface area contributed by atoms with Crippen LogP contribution in [0.4, 0.5) is 0 Å². The van der Waals surface area contributed by atoms with Gasteiger partial charge in [-0.1, -0.05) is 28.3 Å². The standard InChI is InChI=1S/C20H23Cl2N6O8P/c1-10-8-28(20(31)24-18(10)29)17-7-15(25-27-23)16(35-17)9-34-37(32,26-11(2)19(30)33-3)36-14-5-12(21)4-13(22)6-14/h4-6,8,11,15-17H,7,9H2,1-3H3,(H,26,32)(H,24,29,31)/t11-,15-,16+,17+,37?/m0/s1. The molecule has 0 bridgehead atoms. The number of aryl methyl sites for hydroxylation is 1. The van der Waals surface area contributed by atoms with Gasteiger partial charge in [-0.3, -0.25) is 23.7 Å². The van der Waals surface area contributed by atoms with Crippen LogP contribution < -0.4 is 20.9 Å². The second-order valence-corrected chi connectivity index (χ2v) is 10.5. The lowest BCUT2D eigenvalue weighted by atomic mass is 10.1. The van der Waals surface area contributed by atoms with Crippen molar-refractivity contribution in [2.24, 2.45) is 5.11 Å². The molecule has 14 nitrogen and oxygen atoms in total. The molecule has 1 aromatic carbocycles. The third-order valence-corrected chi connectivity index (χ3v) is 7.32. The second kappa shape index (κ2) is 12.1. The predicted octanol–water partition coefficient (Wildman–Crippen LogP) is 3.47. The number of azide groups is 1. The molecule has 2 aromatic rings. The summed E-state index contributed by atoms with van der Waals surface area (Å²) in [6.07, 6.45) is -0.514. The molecule has 0 radical (unpaired) electrons. The fourth-order valence-electron chi connectivity index (χ4n) is 3.47. The van der Waals surface area contributed by atoms with Gasteiger partial charge in [0.15, 0.2) is 0 Å². The lowest BCUT2D eigenvalue weighted by Gasteiger charge is -2.24. The van der Waals surface area contributed by atoms with Gasteiger partial charge in [0, 0.05) is 33.1 Å². The van der Waals surface area contributed by atoms with Crippen molar-refractivity contribution in [3.8, 4) is 5.75 Å². The van der Waals surface area contributed by atoms with Gasteiger partial charge >= 0.3 is 19.4 Å². The highest BCUT2D eigenvalue weighted by Crippen LogP contribution is 2.47. The number of benzene rings is 1. The summed E-state index contributed by atoms with van der Waals surface area (Å²) < 4.78 is 36.4. The Hall–Kier alpha value is -2.83. The molecule has 1 aromatic heterocycles. The number of ether oxygens (including phenoxy) is 2. The van der Waals surface area contributed by atoms with E-state index in [-0.39, 0.29) is 27.8 Å². The Balaban J connectivity index is 1.85. The molecule has 200 valence electrons. The van der Waals surface area contributed by atoms with Crippen LogP contribution in [-0.4, -0.2) is 47.4 Å². The molecule has 2 N–H and O–H groups in total. The largest absolute Gasteiger partial charge is 0.468 e. The Morgan fingerprint density at radius 2 is 2.05 bits per heavy atom. The summed E-state index contributed by atoms with van der Waals surface area (Å²) in [7, 11) is -3.16. The number of esters is 1. The first-order chi connectivity index (χ1) is 17.4. The Kier molecular flexibility index (Phi) is 9.43. The SMILES string of the molecule is COC(=O)[C@H](C)NP(=O)(OC[C@H]1O[C@@H](n2cc(C)c(=O)[nH]c2=O)C[C@@H]1N=[N+]=[N-])Oc1cc(Cl)cc(Cl)c1. The van der Waals surface area contributed by atoms with Crippen molar-refractivity contribution in [3.63, 3.8) is 0 Å². The average Bonchev–Trinajstić information content (AvgIpc) is 3.21. The first-order valence-electron chi connectivity index (χ1n) is 10.7. The zero-order valence-corrected chi connectivity index (χ0v) is 22.2. The fraction of sp³-hybridized carbons (Fsp3) is 0.450. The van der Waals surface area contributed by atoms with E-state index in [9.17, 15) is 18.9 Å². The van der Waals surface area contributed by atoms with E-state index >= 15 is 0 Å². The highest BCUT2D eigenvalue weighted by Gasteiger charge is 2.40. The van der Waals surface area contributed by atoms with Gasteiger partial charge in [0.05, 0.1) is 25.9 Å². The number of nitrogens with one attached hydrogen (secondary N) is 2. The lowest BCUT2D eigenvalue weighted by molar-refractivity contribution is -0.142. The molecular weight excluding hydrogens is 554 g/mol. The van der Waals surface area contributed by atoms with Crippen molar-refractivity contribution in [1.29, 1.82) is 0 Å². The number of methoxy groups -OCH3 is 1. The molecule has 5 atom stereocenters. The van der Waals surface area contributed by atoms with Crippen molar-refractivity contribution < 1.29 is 27.9 Å². The summed E-state index contributed by atoms with van der Waals surface area (Å²) in [6, 6.07) is 2.16. The van der Waals surface area contributed by atoms with Gasteiger partial charge in [-0.15, -0.1) is 0 Å². The maximum atomic E-state index is 13.6. The molecule has 0 saturated carbocycles. The zero-order chi connectivity index (χ0) is 27.3. The molecule has 1 unspecified atom stereocenters. The van der Waals surface area contributed by atoms with E-state index < -0.39 is 56.0 Å². The Bertz CT molecular complexity index is 1360. The van der Waals surface area contributed by atoms with Crippen LogP contribution in [0.1, 0.15) is 25.1 Å². The van der Waals surface area contributed by atoms with Gasteiger partial charge in [0.2, 0.25) is 0 Å². The third kappa shape index (κ3) is 7.36. The van der Waals surface area contributed by atoms with Crippen LogP contribution in [0.2, 0.25) is 10.0 Å². The number of carbonyl (C=O) groups is 1. The monoisotopic (exact) mass is 576 g/mol. The fourth-order valence-corrected chi connectivity index (χ4v) is 5.46. The molecule has 0 aliphatic carbocycles. The molecule has 1 aliphatic heterocycles. The van der Waals surface area contributed by atoms with Crippen LogP contribution in [0.25, 0.3) is 10.4 Å². The van der Waals surface area contributed by atoms with Crippen LogP contribution in [0.3, 0.4) is 0 Å². The smallest absolute Gasteiger partial charge is 0.459 e. The van der Waals surface area contributed by atoms with Gasteiger partial charge in [-0.05, 0) is 37.6 Å². The van der Waals surface area contributed by atoms with E-state index in [1.54, 1.807) is 0 Å². The van der Waals surface area contributed by atoms with Gasteiger partial charge in [-0.2, -0.15) is 5.09 Å². The summed E-state index contributed by atoms with van der Waals surface area (Å²) in [5.41, 5.74) is 8.00. The van der Waals surface area contributed by atoms with Gasteiger partial charge < -0.3 is 14.0 Å². The molecule has 37 heavy (non-hydrogen) atoms. The number of carbonyl (C=O) groups excluding carboxylic acids is 1. The summed E-state index contributed by atoms with van der Waals surface area (Å²) >= 11 is 12.0. The van der Waals surface area contributed by atoms with Crippen molar-refractivity contribution >= 4 is 36.9 Å². The van der Waals surface area contributed by atoms with E-state index in [0.717, 1.165) is 11.7 Å². The number of nitrogens with zero attached hydrogens (tertiary/aromatic N) is 4. The highest BCUT2D eigenvalue weighted by molar-refractivity contribution is 7.52. The zero-order valence-electron chi connectivity index (χ0n) is 19.8. The summed E-state index contributed by atoms with van der Waals surface area (Å²) in [5, 5.41) is 6.55. The summed E-state index contributed by atoms with van der Waals surface area (Å²) in [4.78, 5) is 40.9. The van der Waals surface area contributed by atoms with Crippen molar-refractivity contribution in [2.75, 3.05) is 13.7 Å². The van der Waals surface area contributed by atoms with E-state index in [0.29, 0.717) is 0 Å². The Morgan fingerprint density at radius 1 is 1.38 bits per heavy atom. The van der Waals surface area contributed by atoms with E-state index in [2.05, 4.69) is 24.8 Å².